The second-order valence-electron chi connectivity index (χ2n) is 4.76. The van der Waals surface area contributed by atoms with Crippen molar-refractivity contribution in [2.24, 2.45) is 0 Å². The number of nitrogens with two attached hydrogens (primary N) is 1. The largest absolute Gasteiger partial charge is 0.397 e. The van der Waals surface area contributed by atoms with E-state index < -0.39 is 0 Å². The first-order valence-electron chi connectivity index (χ1n) is 6.72. The molecule has 0 heterocycles. The van der Waals surface area contributed by atoms with Crippen LogP contribution >= 0.6 is 0 Å². The fourth-order valence-corrected chi connectivity index (χ4v) is 1.88. The molecule has 2 rings (SSSR count). The zero-order chi connectivity index (χ0) is 15.2. The Morgan fingerprint density at radius 1 is 1.10 bits per heavy atom. The summed E-state index contributed by atoms with van der Waals surface area (Å²) < 4.78 is 0. The van der Waals surface area contributed by atoms with E-state index in [0.717, 1.165) is 5.56 Å². The SMILES string of the molecule is CNC(=O)C(=Cc1ccc(C)cc1)Nc1ccccc1N. The maximum atomic E-state index is 12.0. The van der Waals surface area contributed by atoms with E-state index in [-0.39, 0.29) is 5.91 Å². The first-order valence-corrected chi connectivity index (χ1v) is 6.72. The Bertz CT molecular complexity index is 660. The molecule has 0 unspecified atom stereocenters. The van der Waals surface area contributed by atoms with Gasteiger partial charge in [-0.25, -0.2) is 0 Å². The Balaban J connectivity index is 2.33. The predicted octanol–water partition coefficient (Wildman–Crippen LogP) is 2.78. The van der Waals surface area contributed by atoms with Gasteiger partial charge in [0.1, 0.15) is 5.70 Å². The molecule has 0 saturated heterocycles. The van der Waals surface area contributed by atoms with Crippen LogP contribution in [0.15, 0.2) is 54.2 Å². The summed E-state index contributed by atoms with van der Waals surface area (Å²) in [6.45, 7) is 2.02. The number of nitrogen functional groups attached to an aromatic ring is 1. The lowest BCUT2D eigenvalue weighted by atomic mass is 10.1. The highest BCUT2D eigenvalue weighted by Crippen LogP contribution is 2.20. The summed E-state index contributed by atoms with van der Waals surface area (Å²) in [6, 6.07) is 15.3. The van der Waals surface area contributed by atoms with Gasteiger partial charge in [0.25, 0.3) is 5.91 Å². The number of benzene rings is 2. The molecule has 0 radical (unpaired) electrons. The van der Waals surface area contributed by atoms with Crippen molar-refractivity contribution in [3.8, 4) is 0 Å². The molecule has 0 aliphatic heterocycles. The summed E-state index contributed by atoms with van der Waals surface area (Å²) in [4.78, 5) is 12.0. The van der Waals surface area contributed by atoms with Gasteiger partial charge in [-0.2, -0.15) is 0 Å². The number of rotatable bonds is 4. The van der Waals surface area contributed by atoms with Crippen molar-refractivity contribution in [3.63, 3.8) is 0 Å². The van der Waals surface area contributed by atoms with E-state index in [4.69, 9.17) is 5.73 Å². The van der Waals surface area contributed by atoms with Crippen LogP contribution in [-0.2, 0) is 4.79 Å². The maximum absolute atomic E-state index is 12.0. The van der Waals surface area contributed by atoms with Gasteiger partial charge in [0, 0.05) is 7.05 Å². The van der Waals surface area contributed by atoms with Crippen LogP contribution in [0.5, 0.6) is 0 Å². The summed E-state index contributed by atoms with van der Waals surface area (Å²) in [6.07, 6.45) is 1.80. The third kappa shape index (κ3) is 3.86. The predicted molar refractivity (Wildman–Crippen MR) is 87.7 cm³/mol. The van der Waals surface area contributed by atoms with Crippen molar-refractivity contribution in [2.45, 2.75) is 6.92 Å². The van der Waals surface area contributed by atoms with Crippen molar-refractivity contribution >= 4 is 23.4 Å². The van der Waals surface area contributed by atoms with E-state index in [9.17, 15) is 4.79 Å². The molecule has 1 amide bonds. The monoisotopic (exact) mass is 281 g/mol. The topological polar surface area (TPSA) is 67.2 Å². The van der Waals surface area contributed by atoms with Gasteiger partial charge in [0.2, 0.25) is 0 Å². The van der Waals surface area contributed by atoms with Crippen LogP contribution in [0.3, 0.4) is 0 Å². The van der Waals surface area contributed by atoms with Gasteiger partial charge in [0.15, 0.2) is 0 Å². The standard InChI is InChI=1S/C17H19N3O/c1-12-7-9-13(10-8-12)11-16(17(21)19-2)20-15-6-4-3-5-14(15)18/h3-11,20H,18H2,1-2H3,(H,19,21). The van der Waals surface area contributed by atoms with Crippen molar-refractivity contribution in [1.29, 1.82) is 0 Å². The lowest BCUT2D eigenvalue weighted by Crippen LogP contribution is -2.24. The molecule has 4 nitrogen and oxygen atoms in total. The zero-order valence-electron chi connectivity index (χ0n) is 12.2. The number of carbonyl (C=O) groups excluding carboxylic acids is 1. The normalized spacial score (nSPS) is 11.0. The Morgan fingerprint density at radius 3 is 2.38 bits per heavy atom. The van der Waals surface area contributed by atoms with Crippen LogP contribution < -0.4 is 16.4 Å². The highest BCUT2D eigenvalue weighted by molar-refractivity contribution is 6.01. The minimum atomic E-state index is -0.196. The average molecular weight is 281 g/mol. The third-order valence-corrected chi connectivity index (χ3v) is 3.09. The van der Waals surface area contributed by atoms with Gasteiger partial charge in [-0.05, 0) is 30.7 Å². The Labute approximate surface area is 124 Å². The number of nitrogens with one attached hydrogen (secondary N) is 2. The van der Waals surface area contributed by atoms with Crippen molar-refractivity contribution in [1.82, 2.24) is 5.32 Å². The highest BCUT2D eigenvalue weighted by atomic mass is 16.1. The lowest BCUT2D eigenvalue weighted by molar-refractivity contribution is -0.116. The molecular formula is C17H19N3O. The number of hydrogen-bond donors (Lipinski definition) is 3. The average Bonchev–Trinajstić information content (AvgIpc) is 2.50. The molecule has 4 N–H and O–H groups in total. The number of amides is 1. The van der Waals surface area contributed by atoms with Gasteiger partial charge in [-0.1, -0.05) is 42.0 Å². The van der Waals surface area contributed by atoms with Crippen LogP contribution in [-0.4, -0.2) is 13.0 Å². The summed E-state index contributed by atoms with van der Waals surface area (Å²) in [7, 11) is 1.60. The smallest absolute Gasteiger partial charge is 0.267 e. The Morgan fingerprint density at radius 2 is 1.76 bits per heavy atom. The van der Waals surface area contributed by atoms with E-state index in [1.807, 2.05) is 49.4 Å². The fraction of sp³-hybridized carbons (Fsp3) is 0.118. The minimum absolute atomic E-state index is 0.196. The highest BCUT2D eigenvalue weighted by Gasteiger charge is 2.09. The van der Waals surface area contributed by atoms with Gasteiger partial charge < -0.3 is 16.4 Å². The second kappa shape index (κ2) is 6.61. The molecule has 0 aliphatic carbocycles. The molecular weight excluding hydrogens is 262 g/mol. The maximum Gasteiger partial charge on any atom is 0.267 e. The summed E-state index contributed by atoms with van der Waals surface area (Å²) in [5, 5.41) is 5.71. The Kier molecular flexibility index (Phi) is 4.61. The molecule has 108 valence electrons. The van der Waals surface area contributed by atoms with E-state index >= 15 is 0 Å². The van der Waals surface area contributed by atoms with Crippen molar-refractivity contribution < 1.29 is 4.79 Å². The fourth-order valence-electron chi connectivity index (χ4n) is 1.88. The minimum Gasteiger partial charge on any atom is -0.397 e. The molecule has 21 heavy (non-hydrogen) atoms. The molecule has 0 bridgehead atoms. The number of aryl methyl sites for hydroxylation is 1. The molecule has 0 aromatic heterocycles. The second-order valence-corrected chi connectivity index (χ2v) is 4.76. The lowest BCUT2D eigenvalue weighted by Gasteiger charge is -2.12. The van der Waals surface area contributed by atoms with E-state index in [1.54, 1.807) is 19.2 Å². The number of hydrogen-bond acceptors (Lipinski definition) is 3. The molecule has 0 atom stereocenters. The van der Waals surface area contributed by atoms with Crippen LogP contribution in [0.25, 0.3) is 6.08 Å². The van der Waals surface area contributed by atoms with Crippen molar-refractivity contribution in [3.05, 3.63) is 65.4 Å². The molecule has 0 saturated carbocycles. The molecule has 4 heteroatoms. The van der Waals surface area contributed by atoms with Crippen LogP contribution in [0, 0.1) is 6.92 Å². The Hall–Kier alpha value is -2.75. The summed E-state index contributed by atoms with van der Waals surface area (Å²) in [5.41, 5.74) is 9.77. The molecule has 2 aromatic carbocycles. The first kappa shape index (κ1) is 14.7. The molecule has 0 aliphatic rings. The molecule has 0 spiro atoms. The molecule has 2 aromatic rings. The quantitative estimate of drug-likeness (QED) is 0.596. The number of likely N-dealkylation sites (N-methyl/N-ethyl adjacent to an activating group) is 1. The number of para-hydroxylation sites is 2. The molecule has 0 fully saturated rings. The summed E-state index contributed by atoms with van der Waals surface area (Å²) in [5.74, 6) is -0.196. The van der Waals surface area contributed by atoms with Gasteiger partial charge in [-0.15, -0.1) is 0 Å². The zero-order valence-corrected chi connectivity index (χ0v) is 12.2. The van der Waals surface area contributed by atoms with Gasteiger partial charge >= 0.3 is 0 Å². The third-order valence-electron chi connectivity index (χ3n) is 3.09. The summed E-state index contributed by atoms with van der Waals surface area (Å²) >= 11 is 0. The van der Waals surface area contributed by atoms with Crippen LogP contribution in [0.2, 0.25) is 0 Å². The van der Waals surface area contributed by atoms with Gasteiger partial charge in [-0.3, -0.25) is 4.79 Å². The van der Waals surface area contributed by atoms with Crippen LogP contribution in [0.4, 0.5) is 11.4 Å². The van der Waals surface area contributed by atoms with E-state index in [2.05, 4.69) is 10.6 Å². The van der Waals surface area contributed by atoms with Gasteiger partial charge in [0.05, 0.1) is 11.4 Å². The number of carbonyl (C=O) groups is 1. The first-order chi connectivity index (χ1) is 10.1. The van der Waals surface area contributed by atoms with Crippen molar-refractivity contribution in [2.75, 3.05) is 18.1 Å². The number of anilines is 2. The van der Waals surface area contributed by atoms with Crippen LogP contribution in [0.1, 0.15) is 11.1 Å². The van der Waals surface area contributed by atoms with E-state index in [1.165, 1.54) is 5.56 Å². The van der Waals surface area contributed by atoms with E-state index in [0.29, 0.717) is 17.1 Å².